The van der Waals surface area contributed by atoms with Gasteiger partial charge in [0.2, 0.25) is 5.91 Å². The van der Waals surface area contributed by atoms with Gasteiger partial charge in [0.15, 0.2) is 0 Å². The predicted octanol–water partition coefficient (Wildman–Crippen LogP) is 1.74. The molecular weight excluding hydrogens is 349 g/mol. The molecule has 0 spiro atoms. The fourth-order valence-corrected chi connectivity index (χ4v) is 3.26. The number of nitrogens with one attached hydrogen (secondary N) is 1. The minimum Gasteiger partial charge on any atom is -0.368 e. The molecule has 25 heavy (non-hydrogen) atoms. The van der Waals surface area contributed by atoms with Crippen molar-refractivity contribution in [2.45, 2.75) is 18.9 Å². The SMILES string of the molecule is O=C(CN1CCN(C(=O)[C@@H]2CCCO2)CC1)Nc1ccc(F)c(Cl)c1. The van der Waals surface area contributed by atoms with Crippen molar-refractivity contribution < 1.29 is 18.7 Å². The molecular formula is C17H21ClFN3O3. The fraction of sp³-hybridized carbons (Fsp3) is 0.529. The number of anilines is 1. The van der Waals surface area contributed by atoms with E-state index >= 15 is 0 Å². The first-order chi connectivity index (χ1) is 12.0. The van der Waals surface area contributed by atoms with Gasteiger partial charge in [-0.15, -0.1) is 0 Å². The Hall–Kier alpha value is -1.70. The molecule has 3 rings (SSSR count). The normalized spacial score (nSPS) is 21.4. The molecule has 1 N–H and O–H groups in total. The summed E-state index contributed by atoms with van der Waals surface area (Å²) < 4.78 is 18.6. The molecule has 1 aromatic rings. The van der Waals surface area contributed by atoms with Gasteiger partial charge in [0, 0.05) is 38.5 Å². The zero-order chi connectivity index (χ0) is 17.8. The highest BCUT2D eigenvalue weighted by molar-refractivity contribution is 6.31. The maximum Gasteiger partial charge on any atom is 0.251 e. The van der Waals surface area contributed by atoms with Gasteiger partial charge in [0.1, 0.15) is 11.9 Å². The molecule has 8 heteroatoms. The van der Waals surface area contributed by atoms with Crippen molar-refractivity contribution in [3.63, 3.8) is 0 Å². The Morgan fingerprint density at radius 2 is 2.04 bits per heavy atom. The van der Waals surface area contributed by atoms with Crippen LogP contribution >= 0.6 is 11.6 Å². The molecule has 2 saturated heterocycles. The van der Waals surface area contributed by atoms with Crippen LogP contribution in [0.3, 0.4) is 0 Å². The smallest absolute Gasteiger partial charge is 0.251 e. The van der Waals surface area contributed by atoms with Crippen LogP contribution in [0.2, 0.25) is 5.02 Å². The Bertz CT molecular complexity index is 644. The molecule has 2 fully saturated rings. The lowest BCUT2D eigenvalue weighted by Gasteiger charge is -2.35. The van der Waals surface area contributed by atoms with Crippen LogP contribution in [0.25, 0.3) is 0 Å². The molecule has 0 aromatic heterocycles. The van der Waals surface area contributed by atoms with Gasteiger partial charge in [-0.3, -0.25) is 14.5 Å². The van der Waals surface area contributed by atoms with Crippen molar-refractivity contribution in [1.82, 2.24) is 9.80 Å². The van der Waals surface area contributed by atoms with Gasteiger partial charge < -0.3 is 15.0 Å². The quantitative estimate of drug-likeness (QED) is 0.878. The summed E-state index contributed by atoms with van der Waals surface area (Å²) in [6.07, 6.45) is 1.43. The van der Waals surface area contributed by atoms with E-state index in [1.54, 1.807) is 0 Å². The van der Waals surface area contributed by atoms with Gasteiger partial charge >= 0.3 is 0 Å². The Morgan fingerprint density at radius 1 is 1.28 bits per heavy atom. The maximum atomic E-state index is 13.1. The van der Waals surface area contributed by atoms with E-state index in [4.69, 9.17) is 16.3 Å². The van der Waals surface area contributed by atoms with Gasteiger partial charge in [0.05, 0.1) is 11.6 Å². The Labute approximate surface area is 150 Å². The molecule has 6 nitrogen and oxygen atoms in total. The molecule has 136 valence electrons. The van der Waals surface area contributed by atoms with Crippen molar-refractivity contribution in [3.05, 3.63) is 29.0 Å². The molecule has 0 bridgehead atoms. The van der Waals surface area contributed by atoms with Gasteiger partial charge in [-0.25, -0.2) is 4.39 Å². The van der Waals surface area contributed by atoms with Gasteiger partial charge in [-0.2, -0.15) is 0 Å². The minimum atomic E-state index is -0.522. The number of rotatable bonds is 4. The molecule has 0 unspecified atom stereocenters. The highest BCUT2D eigenvalue weighted by Gasteiger charge is 2.30. The second-order valence-corrected chi connectivity index (χ2v) is 6.69. The average molecular weight is 370 g/mol. The van der Waals surface area contributed by atoms with Crippen molar-refractivity contribution >= 4 is 29.1 Å². The van der Waals surface area contributed by atoms with E-state index in [9.17, 15) is 14.0 Å². The standard InChI is InChI=1S/C17H21ClFN3O3/c18-13-10-12(3-4-14(13)19)20-16(23)11-21-5-7-22(8-6-21)17(24)15-2-1-9-25-15/h3-4,10,15H,1-2,5-9,11H2,(H,20,23)/t15-/m0/s1. The summed E-state index contributed by atoms with van der Waals surface area (Å²) >= 11 is 5.70. The number of halogens is 2. The number of benzene rings is 1. The highest BCUT2D eigenvalue weighted by atomic mass is 35.5. The fourth-order valence-electron chi connectivity index (χ4n) is 3.08. The van der Waals surface area contributed by atoms with E-state index in [1.165, 1.54) is 18.2 Å². The summed E-state index contributed by atoms with van der Waals surface area (Å²) in [7, 11) is 0. The van der Waals surface area contributed by atoms with E-state index in [0.29, 0.717) is 38.5 Å². The zero-order valence-corrected chi connectivity index (χ0v) is 14.6. The molecule has 0 saturated carbocycles. The molecule has 2 amide bonds. The molecule has 2 heterocycles. The van der Waals surface area contributed by atoms with E-state index < -0.39 is 5.82 Å². The van der Waals surface area contributed by atoms with Crippen LogP contribution in [-0.2, 0) is 14.3 Å². The topological polar surface area (TPSA) is 61.9 Å². The summed E-state index contributed by atoms with van der Waals surface area (Å²) in [6, 6.07) is 4.07. The van der Waals surface area contributed by atoms with Crippen LogP contribution in [0, 0.1) is 5.82 Å². The Kier molecular flexibility index (Phi) is 5.88. The summed E-state index contributed by atoms with van der Waals surface area (Å²) in [6.45, 7) is 3.33. The molecule has 0 aliphatic carbocycles. The van der Waals surface area contributed by atoms with Crippen LogP contribution in [0.15, 0.2) is 18.2 Å². The molecule has 0 radical (unpaired) electrons. The van der Waals surface area contributed by atoms with E-state index in [0.717, 1.165) is 12.8 Å². The van der Waals surface area contributed by atoms with Crippen molar-refractivity contribution in [2.75, 3.05) is 44.6 Å². The van der Waals surface area contributed by atoms with E-state index in [2.05, 4.69) is 5.32 Å². The second kappa shape index (κ2) is 8.12. The zero-order valence-electron chi connectivity index (χ0n) is 13.8. The molecule has 2 aliphatic rings. The molecule has 1 aromatic carbocycles. The third kappa shape index (κ3) is 4.68. The number of hydrogen-bond donors (Lipinski definition) is 1. The first kappa shape index (κ1) is 18.1. The number of hydrogen-bond acceptors (Lipinski definition) is 4. The monoisotopic (exact) mass is 369 g/mol. The van der Waals surface area contributed by atoms with Gasteiger partial charge in [-0.05, 0) is 31.0 Å². The van der Waals surface area contributed by atoms with Crippen molar-refractivity contribution in [3.8, 4) is 0 Å². The summed E-state index contributed by atoms with van der Waals surface area (Å²) in [4.78, 5) is 28.2. The number of amides is 2. The van der Waals surface area contributed by atoms with Crippen LogP contribution in [0.5, 0.6) is 0 Å². The Balaban J connectivity index is 1.44. The van der Waals surface area contributed by atoms with Crippen molar-refractivity contribution in [1.29, 1.82) is 0 Å². The number of nitrogens with zero attached hydrogens (tertiary/aromatic N) is 2. The molecule has 2 aliphatic heterocycles. The van der Waals surface area contributed by atoms with E-state index in [-0.39, 0.29) is 29.5 Å². The van der Waals surface area contributed by atoms with E-state index in [1.807, 2.05) is 9.80 Å². The second-order valence-electron chi connectivity index (χ2n) is 6.28. The average Bonchev–Trinajstić information content (AvgIpc) is 3.13. The number of carbonyl (C=O) groups excluding carboxylic acids is 2. The highest BCUT2D eigenvalue weighted by Crippen LogP contribution is 2.19. The predicted molar refractivity (Wildman–Crippen MR) is 92.0 cm³/mol. The Morgan fingerprint density at radius 3 is 2.68 bits per heavy atom. The largest absolute Gasteiger partial charge is 0.368 e. The number of ether oxygens (including phenoxy) is 1. The first-order valence-corrected chi connectivity index (χ1v) is 8.78. The summed E-state index contributed by atoms with van der Waals surface area (Å²) in [5.74, 6) is -0.657. The van der Waals surface area contributed by atoms with Crippen LogP contribution in [0.1, 0.15) is 12.8 Å². The maximum absolute atomic E-state index is 13.1. The first-order valence-electron chi connectivity index (χ1n) is 8.40. The third-order valence-corrected chi connectivity index (χ3v) is 4.75. The van der Waals surface area contributed by atoms with Gasteiger partial charge in [-0.1, -0.05) is 11.6 Å². The van der Waals surface area contributed by atoms with Crippen molar-refractivity contribution in [2.24, 2.45) is 0 Å². The summed E-state index contributed by atoms with van der Waals surface area (Å²) in [5, 5.41) is 2.68. The lowest BCUT2D eigenvalue weighted by molar-refractivity contribution is -0.142. The number of piperazine rings is 1. The van der Waals surface area contributed by atoms with Crippen LogP contribution in [-0.4, -0.2) is 67.0 Å². The lowest BCUT2D eigenvalue weighted by Crippen LogP contribution is -2.52. The van der Waals surface area contributed by atoms with Gasteiger partial charge in [0.25, 0.3) is 5.91 Å². The number of carbonyl (C=O) groups is 2. The third-order valence-electron chi connectivity index (χ3n) is 4.46. The lowest BCUT2D eigenvalue weighted by atomic mass is 10.2. The minimum absolute atomic E-state index is 0.0286. The van der Waals surface area contributed by atoms with Crippen LogP contribution < -0.4 is 5.32 Å². The summed E-state index contributed by atoms with van der Waals surface area (Å²) in [5.41, 5.74) is 0.462. The molecule has 1 atom stereocenters. The van der Waals surface area contributed by atoms with Crippen LogP contribution in [0.4, 0.5) is 10.1 Å².